The van der Waals surface area contributed by atoms with Crippen LogP contribution in [0, 0.1) is 11.8 Å². The van der Waals surface area contributed by atoms with Crippen molar-refractivity contribution in [3.63, 3.8) is 0 Å². The summed E-state index contributed by atoms with van der Waals surface area (Å²) in [6, 6.07) is 6.05. The minimum atomic E-state index is 0.318. The molecule has 0 aliphatic heterocycles. The average molecular weight is 272 g/mol. The molecular weight excluding hydrogens is 253 g/mol. The fourth-order valence-corrected chi connectivity index (χ4v) is 2.86. The van der Waals surface area contributed by atoms with Gasteiger partial charge in [-0.15, -0.1) is 0 Å². The summed E-state index contributed by atoms with van der Waals surface area (Å²) < 4.78 is 0. The molecule has 2 rings (SSSR count). The summed E-state index contributed by atoms with van der Waals surface area (Å²) in [7, 11) is 0. The lowest BCUT2D eigenvalue weighted by atomic mass is 9.90. The molecule has 94 valence electrons. The van der Waals surface area contributed by atoms with E-state index in [1.807, 2.05) is 18.2 Å². The number of rotatable bonds is 5. The summed E-state index contributed by atoms with van der Waals surface area (Å²) in [6.07, 6.45) is 2.70. The third-order valence-corrected chi connectivity index (χ3v) is 4.19. The molecule has 0 amide bonds. The van der Waals surface area contributed by atoms with Crippen LogP contribution >= 0.6 is 23.2 Å². The number of halogens is 2. The second kappa shape index (κ2) is 5.60. The first kappa shape index (κ1) is 13.2. The first-order chi connectivity index (χ1) is 8.13. The van der Waals surface area contributed by atoms with Crippen LogP contribution in [0.15, 0.2) is 18.2 Å². The quantitative estimate of drug-likeness (QED) is 0.819. The molecule has 1 aromatic carbocycles. The summed E-state index contributed by atoms with van der Waals surface area (Å²) in [5.41, 5.74) is 1.14. The van der Waals surface area contributed by atoms with Crippen LogP contribution < -0.4 is 5.32 Å². The third kappa shape index (κ3) is 3.15. The minimum Gasteiger partial charge on any atom is -0.310 e. The zero-order valence-electron chi connectivity index (χ0n) is 10.3. The average Bonchev–Trinajstić information content (AvgIpc) is 3.12. The Balaban J connectivity index is 2.27. The molecular formula is C14H19Cl2N. The Morgan fingerprint density at radius 1 is 1.35 bits per heavy atom. The van der Waals surface area contributed by atoms with Crippen LogP contribution in [0.4, 0.5) is 0 Å². The van der Waals surface area contributed by atoms with Crippen molar-refractivity contribution in [2.75, 3.05) is 6.54 Å². The molecule has 0 saturated heterocycles. The van der Waals surface area contributed by atoms with E-state index in [9.17, 15) is 0 Å². The van der Waals surface area contributed by atoms with Crippen LogP contribution in [-0.4, -0.2) is 6.54 Å². The van der Waals surface area contributed by atoms with Gasteiger partial charge in [0.25, 0.3) is 0 Å². The minimum absolute atomic E-state index is 0.318. The van der Waals surface area contributed by atoms with Crippen molar-refractivity contribution in [3.8, 4) is 0 Å². The molecule has 2 unspecified atom stereocenters. The molecule has 1 saturated carbocycles. The van der Waals surface area contributed by atoms with Crippen molar-refractivity contribution in [2.45, 2.75) is 32.7 Å². The molecule has 17 heavy (non-hydrogen) atoms. The Morgan fingerprint density at radius 2 is 2.06 bits per heavy atom. The van der Waals surface area contributed by atoms with E-state index >= 15 is 0 Å². The molecule has 1 aliphatic carbocycles. The molecule has 1 N–H and O–H groups in total. The predicted molar refractivity (Wildman–Crippen MR) is 74.8 cm³/mol. The molecule has 0 aromatic heterocycles. The lowest BCUT2D eigenvalue weighted by molar-refractivity contribution is 0.355. The van der Waals surface area contributed by atoms with Crippen molar-refractivity contribution in [3.05, 3.63) is 33.8 Å². The normalized spacial score (nSPS) is 19.1. The largest absolute Gasteiger partial charge is 0.310 e. The monoisotopic (exact) mass is 271 g/mol. The highest BCUT2D eigenvalue weighted by molar-refractivity contribution is 6.33. The Morgan fingerprint density at radius 3 is 2.65 bits per heavy atom. The van der Waals surface area contributed by atoms with E-state index in [4.69, 9.17) is 23.2 Å². The first-order valence-corrected chi connectivity index (χ1v) is 7.07. The van der Waals surface area contributed by atoms with Crippen LogP contribution in [0.1, 0.15) is 38.3 Å². The van der Waals surface area contributed by atoms with Gasteiger partial charge in [0.15, 0.2) is 0 Å². The molecule has 2 atom stereocenters. The van der Waals surface area contributed by atoms with Gasteiger partial charge in [-0.3, -0.25) is 0 Å². The standard InChI is InChI=1S/C14H19Cl2N/c1-3-17-14(9(2)10-4-5-10)12-8-11(15)6-7-13(12)16/h6-10,14,17H,3-5H2,1-2H3. The molecule has 0 heterocycles. The van der Waals surface area contributed by atoms with Crippen molar-refractivity contribution in [1.29, 1.82) is 0 Å². The fourth-order valence-electron chi connectivity index (χ4n) is 2.45. The van der Waals surface area contributed by atoms with Gasteiger partial charge in [0.1, 0.15) is 0 Å². The summed E-state index contributed by atoms with van der Waals surface area (Å²) >= 11 is 12.4. The zero-order chi connectivity index (χ0) is 12.4. The summed E-state index contributed by atoms with van der Waals surface area (Å²) in [5.74, 6) is 1.46. The van der Waals surface area contributed by atoms with Gasteiger partial charge in [-0.2, -0.15) is 0 Å². The number of nitrogens with one attached hydrogen (secondary N) is 1. The SMILES string of the molecule is CCNC(c1cc(Cl)ccc1Cl)C(C)C1CC1. The van der Waals surface area contributed by atoms with Gasteiger partial charge in [-0.1, -0.05) is 37.0 Å². The maximum absolute atomic E-state index is 6.30. The van der Waals surface area contributed by atoms with E-state index in [-0.39, 0.29) is 0 Å². The van der Waals surface area contributed by atoms with E-state index < -0.39 is 0 Å². The molecule has 0 radical (unpaired) electrons. The second-order valence-electron chi connectivity index (χ2n) is 4.90. The highest BCUT2D eigenvalue weighted by atomic mass is 35.5. The summed E-state index contributed by atoms with van der Waals surface area (Å²) in [4.78, 5) is 0. The topological polar surface area (TPSA) is 12.0 Å². The van der Waals surface area contributed by atoms with Crippen molar-refractivity contribution < 1.29 is 0 Å². The van der Waals surface area contributed by atoms with Crippen LogP contribution in [0.5, 0.6) is 0 Å². The Bertz CT molecular complexity index is 388. The van der Waals surface area contributed by atoms with E-state index in [1.165, 1.54) is 12.8 Å². The van der Waals surface area contributed by atoms with Crippen LogP contribution in [-0.2, 0) is 0 Å². The Hall–Kier alpha value is -0.240. The van der Waals surface area contributed by atoms with E-state index in [0.717, 1.165) is 28.1 Å². The van der Waals surface area contributed by atoms with Crippen LogP contribution in [0.25, 0.3) is 0 Å². The van der Waals surface area contributed by atoms with Crippen LogP contribution in [0.2, 0.25) is 10.0 Å². The summed E-state index contributed by atoms with van der Waals surface area (Å²) in [6.45, 7) is 5.39. The number of hydrogen-bond donors (Lipinski definition) is 1. The second-order valence-corrected chi connectivity index (χ2v) is 5.74. The lowest BCUT2D eigenvalue weighted by Crippen LogP contribution is -2.28. The first-order valence-electron chi connectivity index (χ1n) is 6.31. The molecule has 1 aliphatic rings. The smallest absolute Gasteiger partial charge is 0.0454 e. The molecule has 1 aromatic rings. The highest BCUT2D eigenvalue weighted by Crippen LogP contribution is 2.44. The molecule has 3 heteroatoms. The highest BCUT2D eigenvalue weighted by Gasteiger charge is 2.34. The van der Waals surface area contributed by atoms with Gasteiger partial charge in [0, 0.05) is 16.1 Å². The predicted octanol–water partition coefficient (Wildman–Crippen LogP) is 4.69. The van der Waals surface area contributed by atoms with E-state index in [1.54, 1.807) is 0 Å². The van der Waals surface area contributed by atoms with Crippen molar-refractivity contribution >= 4 is 23.2 Å². The Kier molecular flexibility index (Phi) is 4.35. The molecule has 0 bridgehead atoms. The van der Waals surface area contributed by atoms with Gasteiger partial charge in [0.2, 0.25) is 0 Å². The van der Waals surface area contributed by atoms with Gasteiger partial charge < -0.3 is 5.32 Å². The van der Waals surface area contributed by atoms with Gasteiger partial charge in [0.05, 0.1) is 0 Å². The van der Waals surface area contributed by atoms with E-state index in [2.05, 4.69) is 19.2 Å². The Labute approximate surface area is 114 Å². The van der Waals surface area contributed by atoms with Gasteiger partial charge in [-0.05, 0) is 55.0 Å². The fraction of sp³-hybridized carbons (Fsp3) is 0.571. The van der Waals surface area contributed by atoms with Crippen molar-refractivity contribution in [1.82, 2.24) is 5.32 Å². The van der Waals surface area contributed by atoms with Crippen LogP contribution in [0.3, 0.4) is 0 Å². The van der Waals surface area contributed by atoms with Gasteiger partial charge in [-0.25, -0.2) is 0 Å². The lowest BCUT2D eigenvalue weighted by Gasteiger charge is -2.26. The zero-order valence-corrected chi connectivity index (χ0v) is 11.9. The molecule has 1 nitrogen and oxygen atoms in total. The number of benzene rings is 1. The van der Waals surface area contributed by atoms with Gasteiger partial charge >= 0.3 is 0 Å². The van der Waals surface area contributed by atoms with Crippen molar-refractivity contribution in [2.24, 2.45) is 11.8 Å². The van der Waals surface area contributed by atoms with E-state index in [0.29, 0.717) is 12.0 Å². The summed E-state index contributed by atoms with van der Waals surface area (Å²) in [5, 5.41) is 5.12. The maximum atomic E-state index is 6.30. The maximum Gasteiger partial charge on any atom is 0.0454 e. The number of hydrogen-bond acceptors (Lipinski definition) is 1. The molecule has 1 fully saturated rings. The third-order valence-electron chi connectivity index (χ3n) is 3.61. The molecule has 0 spiro atoms.